The fourth-order valence-electron chi connectivity index (χ4n) is 1.88. The highest BCUT2D eigenvalue weighted by Gasteiger charge is 2.21. The van der Waals surface area contributed by atoms with Crippen LogP contribution < -0.4 is 4.90 Å². The van der Waals surface area contributed by atoms with E-state index in [4.69, 9.17) is 10.4 Å². The van der Waals surface area contributed by atoms with Crippen molar-refractivity contribution in [3.63, 3.8) is 0 Å². The number of nitro benzene ring substituents is 1. The molecule has 1 aromatic carbocycles. The van der Waals surface area contributed by atoms with Gasteiger partial charge >= 0.3 is 5.69 Å². The van der Waals surface area contributed by atoms with Crippen molar-refractivity contribution in [3.8, 4) is 6.07 Å². The van der Waals surface area contributed by atoms with Gasteiger partial charge in [0.05, 0.1) is 4.92 Å². The van der Waals surface area contributed by atoms with E-state index in [0.29, 0.717) is 12.2 Å². The number of nitro groups is 1. The van der Waals surface area contributed by atoms with E-state index in [2.05, 4.69) is 0 Å². The second-order valence-electron chi connectivity index (χ2n) is 4.25. The van der Waals surface area contributed by atoms with Crippen LogP contribution in [0.15, 0.2) is 18.2 Å². The Morgan fingerprint density at radius 1 is 1.42 bits per heavy atom. The van der Waals surface area contributed by atoms with Crippen LogP contribution in [0.5, 0.6) is 0 Å². The van der Waals surface area contributed by atoms with Gasteiger partial charge in [0.25, 0.3) is 0 Å². The molecule has 0 amide bonds. The molecule has 0 radical (unpaired) electrons. The highest BCUT2D eigenvalue weighted by molar-refractivity contribution is 5.69. The van der Waals surface area contributed by atoms with Gasteiger partial charge in [-0.15, -0.1) is 0 Å². The summed E-state index contributed by atoms with van der Waals surface area (Å²) in [6.07, 6.45) is 2.44. The Morgan fingerprint density at radius 2 is 2.16 bits per heavy atom. The van der Waals surface area contributed by atoms with Crippen molar-refractivity contribution < 1.29 is 10.0 Å². The number of rotatable bonds is 7. The fourth-order valence-corrected chi connectivity index (χ4v) is 1.88. The lowest BCUT2D eigenvalue weighted by Crippen LogP contribution is -2.20. The van der Waals surface area contributed by atoms with E-state index in [1.165, 1.54) is 6.07 Å². The van der Waals surface area contributed by atoms with Gasteiger partial charge in [0, 0.05) is 20.2 Å². The van der Waals surface area contributed by atoms with E-state index >= 15 is 0 Å². The van der Waals surface area contributed by atoms with Crippen molar-refractivity contribution in [2.24, 2.45) is 0 Å². The molecule has 0 heterocycles. The number of aliphatic hydroxyl groups excluding tert-OH is 1. The van der Waals surface area contributed by atoms with E-state index in [9.17, 15) is 10.1 Å². The zero-order valence-electron chi connectivity index (χ0n) is 10.9. The van der Waals surface area contributed by atoms with Crippen molar-refractivity contribution in [2.45, 2.75) is 19.3 Å². The monoisotopic (exact) mass is 263 g/mol. The Kier molecular flexibility index (Phi) is 5.76. The van der Waals surface area contributed by atoms with Gasteiger partial charge < -0.3 is 10.0 Å². The van der Waals surface area contributed by atoms with E-state index in [1.807, 2.05) is 6.07 Å². The molecule has 0 spiro atoms. The third kappa shape index (κ3) is 3.93. The summed E-state index contributed by atoms with van der Waals surface area (Å²) in [4.78, 5) is 12.3. The molecule has 0 atom stereocenters. The Morgan fingerprint density at radius 3 is 2.74 bits per heavy atom. The number of hydrogen-bond acceptors (Lipinski definition) is 5. The summed E-state index contributed by atoms with van der Waals surface area (Å²) >= 11 is 0. The van der Waals surface area contributed by atoms with Crippen LogP contribution in [-0.4, -0.2) is 30.2 Å². The van der Waals surface area contributed by atoms with Crippen molar-refractivity contribution in [3.05, 3.63) is 33.9 Å². The predicted octanol–water partition coefficient (Wildman–Crippen LogP) is 2.07. The van der Waals surface area contributed by atoms with E-state index < -0.39 is 4.92 Å². The van der Waals surface area contributed by atoms with Crippen LogP contribution in [0.3, 0.4) is 0 Å². The summed E-state index contributed by atoms with van der Waals surface area (Å²) in [7, 11) is 1.77. The van der Waals surface area contributed by atoms with Gasteiger partial charge in [0.2, 0.25) is 0 Å². The largest absolute Gasteiger partial charge is 0.396 e. The van der Waals surface area contributed by atoms with Gasteiger partial charge in [-0.25, -0.2) is 0 Å². The summed E-state index contributed by atoms with van der Waals surface area (Å²) in [6.45, 7) is 0.809. The van der Waals surface area contributed by atoms with Crippen LogP contribution in [0, 0.1) is 21.4 Å². The molecule has 0 saturated carbocycles. The Balaban J connectivity index is 2.87. The average Bonchev–Trinajstić information content (AvgIpc) is 2.42. The van der Waals surface area contributed by atoms with Crippen LogP contribution in [0.2, 0.25) is 0 Å². The normalized spacial score (nSPS) is 9.95. The van der Waals surface area contributed by atoms with E-state index in [-0.39, 0.29) is 17.9 Å². The minimum absolute atomic E-state index is 0.0738. The number of aliphatic hydroxyl groups is 1. The van der Waals surface area contributed by atoms with Crippen molar-refractivity contribution in [1.29, 1.82) is 5.26 Å². The molecule has 1 aromatic rings. The molecule has 1 rings (SSSR count). The molecule has 0 aliphatic rings. The van der Waals surface area contributed by atoms with E-state index in [0.717, 1.165) is 19.3 Å². The lowest BCUT2D eigenvalue weighted by molar-refractivity contribution is -0.384. The molecular weight excluding hydrogens is 246 g/mol. The first-order valence-corrected chi connectivity index (χ1v) is 6.11. The minimum Gasteiger partial charge on any atom is -0.396 e. The van der Waals surface area contributed by atoms with Crippen molar-refractivity contribution in [2.75, 3.05) is 25.1 Å². The average molecular weight is 263 g/mol. The summed E-state index contributed by atoms with van der Waals surface area (Å²) in [5, 5.41) is 28.7. The summed E-state index contributed by atoms with van der Waals surface area (Å²) in [5.74, 6) is 0. The van der Waals surface area contributed by atoms with Gasteiger partial charge in [0.1, 0.15) is 17.3 Å². The predicted molar refractivity (Wildman–Crippen MR) is 72.0 cm³/mol. The van der Waals surface area contributed by atoms with Crippen LogP contribution in [-0.2, 0) is 0 Å². The summed E-state index contributed by atoms with van der Waals surface area (Å²) < 4.78 is 0. The number of anilines is 1. The first kappa shape index (κ1) is 14.9. The second kappa shape index (κ2) is 7.34. The smallest absolute Gasteiger partial charge is 0.310 e. The fraction of sp³-hybridized carbons (Fsp3) is 0.462. The minimum atomic E-state index is -0.516. The van der Waals surface area contributed by atoms with Gasteiger partial charge in [0.15, 0.2) is 0 Å². The van der Waals surface area contributed by atoms with E-state index in [1.54, 1.807) is 24.1 Å². The number of benzene rings is 1. The molecule has 1 N–H and O–H groups in total. The first-order valence-electron chi connectivity index (χ1n) is 6.11. The van der Waals surface area contributed by atoms with Crippen LogP contribution in [0.4, 0.5) is 11.4 Å². The molecule has 0 aliphatic heterocycles. The third-order valence-electron chi connectivity index (χ3n) is 2.88. The van der Waals surface area contributed by atoms with Crippen LogP contribution in [0.1, 0.15) is 24.8 Å². The molecular formula is C13H17N3O3. The second-order valence-corrected chi connectivity index (χ2v) is 4.25. The van der Waals surface area contributed by atoms with Gasteiger partial charge in [-0.3, -0.25) is 10.1 Å². The van der Waals surface area contributed by atoms with Crippen LogP contribution >= 0.6 is 0 Å². The molecule has 102 valence electrons. The lowest BCUT2D eigenvalue weighted by Gasteiger charge is -2.19. The van der Waals surface area contributed by atoms with Crippen molar-refractivity contribution in [1.82, 2.24) is 0 Å². The van der Waals surface area contributed by atoms with Crippen LogP contribution in [0.25, 0.3) is 0 Å². The maximum atomic E-state index is 11.1. The number of unbranched alkanes of at least 4 members (excludes halogenated alkanes) is 2. The zero-order valence-corrected chi connectivity index (χ0v) is 10.9. The molecule has 0 aromatic heterocycles. The lowest BCUT2D eigenvalue weighted by atomic mass is 10.1. The number of hydrogen-bond donors (Lipinski definition) is 1. The van der Waals surface area contributed by atoms with Gasteiger partial charge in [-0.1, -0.05) is 6.07 Å². The quantitative estimate of drug-likeness (QED) is 0.462. The third-order valence-corrected chi connectivity index (χ3v) is 2.88. The Hall–Kier alpha value is -2.13. The number of nitriles is 1. The Bertz CT molecular complexity index is 483. The summed E-state index contributed by atoms with van der Waals surface area (Å²) in [6, 6.07) is 6.58. The molecule has 0 saturated heterocycles. The standard InChI is InChI=1S/C13H17N3O3/c1-15(8-3-2-4-9-17)12-7-5-6-11(10-14)13(12)16(18)19/h5-7,17H,2-4,8-9H2,1H3. The maximum Gasteiger partial charge on any atom is 0.310 e. The van der Waals surface area contributed by atoms with Gasteiger partial charge in [-0.2, -0.15) is 5.26 Å². The molecule has 0 bridgehead atoms. The topological polar surface area (TPSA) is 90.4 Å². The van der Waals surface area contributed by atoms with Crippen molar-refractivity contribution >= 4 is 11.4 Å². The Labute approximate surface area is 112 Å². The number of para-hydroxylation sites is 1. The molecule has 0 aliphatic carbocycles. The molecule has 19 heavy (non-hydrogen) atoms. The first-order chi connectivity index (χ1) is 9.11. The molecule has 0 fully saturated rings. The SMILES string of the molecule is CN(CCCCCO)c1cccc(C#N)c1[N+](=O)[O-]. The maximum absolute atomic E-state index is 11.1. The number of nitrogens with zero attached hydrogens (tertiary/aromatic N) is 3. The molecule has 6 heteroatoms. The molecule has 6 nitrogen and oxygen atoms in total. The molecule has 0 unspecified atom stereocenters. The highest BCUT2D eigenvalue weighted by atomic mass is 16.6. The zero-order chi connectivity index (χ0) is 14.3. The summed E-state index contributed by atoms with van der Waals surface area (Å²) in [5.41, 5.74) is 0.382. The highest BCUT2D eigenvalue weighted by Crippen LogP contribution is 2.30. The van der Waals surface area contributed by atoms with Gasteiger partial charge in [-0.05, 0) is 31.4 Å².